The highest BCUT2D eigenvalue weighted by Gasteiger charge is 2.29. The van der Waals surface area contributed by atoms with E-state index >= 15 is 0 Å². The van der Waals surface area contributed by atoms with Crippen molar-refractivity contribution in [3.8, 4) is 0 Å². The van der Waals surface area contributed by atoms with E-state index in [1.54, 1.807) is 0 Å². The molecular weight excluding hydrogens is 316 g/mol. The first kappa shape index (κ1) is 15.5. The van der Waals surface area contributed by atoms with Gasteiger partial charge in [-0.05, 0) is 50.3 Å². The second-order valence-corrected chi connectivity index (χ2v) is 7.15. The molecule has 0 spiro atoms. The van der Waals surface area contributed by atoms with Crippen molar-refractivity contribution in [3.05, 3.63) is 34.3 Å². The van der Waals surface area contributed by atoms with Gasteiger partial charge in [-0.1, -0.05) is 34.5 Å². The lowest BCUT2D eigenvalue weighted by Gasteiger charge is -2.28. The van der Waals surface area contributed by atoms with Crippen LogP contribution in [0, 0.1) is 5.92 Å². The van der Waals surface area contributed by atoms with Gasteiger partial charge in [0.1, 0.15) is 0 Å². The van der Waals surface area contributed by atoms with E-state index in [9.17, 15) is 4.79 Å². The van der Waals surface area contributed by atoms with Crippen molar-refractivity contribution in [2.24, 2.45) is 11.7 Å². The van der Waals surface area contributed by atoms with Gasteiger partial charge in [-0.15, -0.1) is 0 Å². The predicted octanol–water partition coefficient (Wildman–Crippen LogP) is 3.32. The van der Waals surface area contributed by atoms with Gasteiger partial charge >= 0.3 is 0 Å². The minimum Gasteiger partial charge on any atom is -0.347 e. The van der Waals surface area contributed by atoms with Crippen molar-refractivity contribution < 1.29 is 4.79 Å². The number of halogens is 1. The van der Waals surface area contributed by atoms with Gasteiger partial charge in [0.2, 0.25) is 5.91 Å². The van der Waals surface area contributed by atoms with E-state index in [1.807, 2.05) is 38.1 Å². The van der Waals surface area contributed by atoms with Crippen LogP contribution in [0.15, 0.2) is 28.7 Å². The van der Waals surface area contributed by atoms with Crippen molar-refractivity contribution in [2.75, 3.05) is 0 Å². The molecule has 0 heterocycles. The van der Waals surface area contributed by atoms with E-state index in [0.29, 0.717) is 12.3 Å². The molecule has 2 rings (SSSR count). The fourth-order valence-electron chi connectivity index (χ4n) is 2.90. The van der Waals surface area contributed by atoms with Crippen molar-refractivity contribution in [1.82, 2.24) is 5.32 Å². The molecule has 3 nitrogen and oxygen atoms in total. The lowest BCUT2D eigenvalue weighted by atomic mass is 9.93. The molecule has 2 atom stereocenters. The number of nitrogens with one attached hydrogen (secondary N) is 1. The van der Waals surface area contributed by atoms with Gasteiger partial charge in [-0.2, -0.15) is 0 Å². The summed E-state index contributed by atoms with van der Waals surface area (Å²) in [6, 6.07) is 8.25. The Balaban J connectivity index is 1.96. The molecule has 1 aromatic rings. The first-order chi connectivity index (χ1) is 9.38. The average molecular weight is 339 g/mol. The Morgan fingerprint density at radius 2 is 2.00 bits per heavy atom. The van der Waals surface area contributed by atoms with Crippen LogP contribution >= 0.6 is 15.9 Å². The molecule has 110 valence electrons. The molecule has 20 heavy (non-hydrogen) atoms. The minimum absolute atomic E-state index is 0.0975. The number of rotatable bonds is 4. The zero-order valence-corrected chi connectivity index (χ0v) is 13.7. The van der Waals surface area contributed by atoms with Crippen molar-refractivity contribution in [2.45, 2.75) is 51.1 Å². The van der Waals surface area contributed by atoms with Crippen LogP contribution in [0.1, 0.15) is 45.1 Å². The van der Waals surface area contributed by atoms with Gasteiger partial charge in [0.25, 0.3) is 0 Å². The van der Waals surface area contributed by atoms with E-state index in [1.165, 1.54) is 0 Å². The molecule has 1 aromatic carbocycles. The molecular formula is C16H23BrN2O. The number of amides is 1. The number of nitrogens with two attached hydrogens (primary N) is 1. The number of benzene rings is 1. The third kappa shape index (κ3) is 3.83. The second-order valence-electron chi connectivity index (χ2n) is 6.24. The van der Waals surface area contributed by atoms with Crippen LogP contribution in [0.4, 0.5) is 0 Å². The fourth-order valence-corrected chi connectivity index (χ4v) is 3.16. The van der Waals surface area contributed by atoms with Crippen LogP contribution in [-0.4, -0.2) is 11.9 Å². The fraction of sp³-hybridized carbons (Fsp3) is 0.562. The van der Waals surface area contributed by atoms with E-state index in [-0.39, 0.29) is 17.5 Å². The molecule has 0 aromatic heterocycles. The Morgan fingerprint density at radius 3 is 2.55 bits per heavy atom. The highest BCUT2D eigenvalue weighted by atomic mass is 79.9. The van der Waals surface area contributed by atoms with Crippen LogP contribution in [0.25, 0.3) is 0 Å². The van der Waals surface area contributed by atoms with Crippen LogP contribution in [0.3, 0.4) is 0 Å². The van der Waals surface area contributed by atoms with Gasteiger partial charge in [0.15, 0.2) is 0 Å². The topological polar surface area (TPSA) is 55.1 Å². The molecule has 1 amide bonds. The maximum absolute atomic E-state index is 12.2. The van der Waals surface area contributed by atoms with Crippen LogP contribution in [-0.2, 0) is 10.3 Å². The normalized spacial score (nSPS) is 22.8. The number of carbonyl (C=O) groups excluding carboxylic acids is 1. The van der Waals surface area contributed by atoms with Crippen molar-refractivity contribution >= 4 is 21.8 Å². The van der Waals surface area contributed by atoms with Crippen LogP contribution < -0.4 is 11.1 Å². The Labute approximate surface area is 129 Å². The molecule has 1 saturated carbocycles. The summed E-state index contributed by atoms with van der Waals surface area (Å²) >= 11 is 3.43. The summed E-state index contributed by atoms with van der Waals surface area (Å²) in [4.78, 5) is 12.2. The quantitative estimate of drug-likeness (QED) is 0.884. The molecule has 4 heteroatoms. The number of carbonyl (C=O) groups is 1. The third-order valence-corrected chi connectivity index (χ3v) is 4.71. The maximum Gasteiger partial charge on any atom is 0.221 e. The second kappa shape index (κ2) is 6.27. The average Bonchev–Trinajstić information content (AvgIpc) is 2.74. The van der Waals surface area contributed by atoms with E-state index in [0.717, 1.165) is 29.3 Å². The summed E-state index contributed by atoms with van der Waals surface area (Å²) in [5.41, 5.74) is 6.77. The molecule has 1 aliphatic rings. The Kier molecular flexibility index (Phi) is 4.86. The summed E-state index contributed by atoms with van der Waals surface area (Å²) in [6.45, 7) is 4.06. The molecule has 1 fully saturated rings. The Hall–Kier alpha value is -0.870. The van der Waals surface area contributed by atoms with Crippen LogP contribution in [0.5, 0.6) is 0 Å². The highest BCUT2D eigenvalue weighted by molar-refractivity contribution is 9.10. The Morgan fingerprint density at radius 1 is 1.35 bits per heavy atom. The van der Waals surface area contributed by atoms with E-state index in [2.05, 4.69) is 21.2 Å². The molecule has 1 aliphatic carbocycles. The molecule has 0 radical (unpaired) electrons. The molecule has 0 saturated heterocycles. The van der Waals surface area contributed by atoms with Crippen molar-refractivity contribution in [1.29, 1.82) is 0 Å². The predicted molar refractivity (Wildman–Crippen MR) is 85.2 cm³/mol. The third-order valence-electron chi connectivity index (χ3n) is 4.18. The molecule has 0 unspecified atom stereocenters. The van der Waals surface area contributed by atoms with Gasteiger partial charge in [0, 0.05) is 16.9 Å². The summed E-state index contributed by atoms with van der Waals surface area (Å²) < 4.78 is 1.04. The van der Waals surface area contributed by atoms with E-state index < -0.39 is 0 Å². The molecule has 0 bridgehead atoms. The first-order valence-electron chi connectivity index (χ1n) is 7.21. The van der Waals surface area contributed by atoms with Crippen molar-refractivity contribution in [3.63, 3.8) is 0 Å². The van der Waals surface area contributed by atoms with Gasteiger partial charge in [-0.25, -0.2) is 0 Å². The molecule has 0 aliphatic heterocycles. The summed E-state index contributed by atoms with van der Waals surface area (Å²) in [6.07, 6.45) is 3.82. The molecule has 3 N–H and O–H groups in total. The van der Waals surface area contributed by atoms with E-state index in [4.69, 9.17) is 5.73 Å². The highest BCUT2D eigenvalue weighted by Crippen LogP contribution is 2.28. The SMILES string of the molecule is CC(C)(NC(=O)C[C@@H]1CCC[C@H]1N)c1ccc(Br)cc1. The van der Waals surface area contributed by atoms with Gasteiger partial charge in [0.05, 0.1) is 5.54 Å². The lowest BCUT2D eigenvalue weighted by Crippen LogP contribution is -2.42. The summed E-state index contributed by atoms with van der Waals surface area (Å²) in [5.74, 6) is 0.441. The lowest BCUT2D eigenvalue weighted by molar-refractivity contribution is -0.123. The van der Waals surface area contributed by atoms with Gasteiger partial charge < -0.3 is 11.1 Å². The first-order valence-corrected chi connectivity index (χ1v) is 8.00. The maximum atomic E-state index is 12.2. The standard InChI is InChI=1S/C16H23BrN2O/c1-16(2,12-6-8-13(17)9-7-12)19-15(20)10-11-4-3-5-14(11)18/h6-9,11,14H,3-5,10,18H2,1-2H3,(H,19,20)/t11-,14+/m0/s1. The van der Waals surface area contributed by atoms with Gasteiger partial charge in [-0.3, -0.25) is 4.79 Å². The zero-order chi connectivity index (χ0) is 14.8. The smallest absolute Gasteiger partial charge is 0.221 e. The minimum atomic E-state index is -0.361. The monoisotopic (exact) mass is 338 g/mol. The summed E-state index contributed by atoms with van der Waals surface area (Å²) in [5, 5.41) is 3.13. The number of hydrogen-bond donors (Lipinski definition) is 2. The largest absolute Gasteiger partial charge is 0.347 e. The Bertz CT molecular complexity index is 470. The van der Waals surface area contributed by atoms with Crippen LogP contribution in [0.2, 0.25) is 0 Å². The number of hydrogen-bond acceptors (Lipinski definition) is 2. The summed E-state index contributed by atoms with van der Waals surface area (Å²) in [7, 11) is 0. The zero-order valence-electron chi connectivity index (χ0n) is 12.2.